The highest BCUT2D eigenvalue weighted by atomic mass is 32.2. The molecule has 0 aliphatic carbocycles. The molecule has 0 bridgehead atoms. The van der Waals surface area contributed by atoms with E-state index in [1.165, 1.54) is 4.31 Å². The molecule has 1 heterocycles. The van der Waals surface area contributed by atoms with Crippen molar-refractivity contribution in [1.82, 2.24) is 9.62 Å². The van der Waals surface area contributed by atoms with Crippen molar-refractivity contribution in [2.24, 2.45) is 5.92 Å². The van der Waals surface area contributed by atoms with Crippen molar-refractivity contribution in [3.05, 3.63) is 90.0 Å². The zero-order valence-corrected chi connectivity index (χ0v) is 20.1. The van der Waals surface area contributed by atoms with Crippen LogP contribution in [0.2, 0.25) is 0 Å². The number of carbonyl (C=O) groups is 1. The van der Waals surface area contributed by atoms with E-state index < -0.39 is 16.2 Å². The second-order valence-electron chi connectivity index (χ2n) is 8.63. The Morgan fingerprint density at radius 3 is 2.38 bits per heavy atom. The fourth-order valence-electron chi connectivity index (χ4n) is 3.75. The summed E-state index contributed by atoms with van der Waals surface area (Å²) in [6, 6.07) is 23.6. The van der Waals surface area contributed by atoms with Crippen molar-refractivity contribution in [2.75, 3.05) is 18.5 Å². The van der Waals surface area contributed by atoms with Crippen LogP contribution in [0.1, 0.15) is 31.1 Å². The molecule has 0 fully saturated rings. The number of sulfonamides is 1. The summed E-state index contributed by atoms with van der Waals surface area (Å²) in [7, 11) is -3.74. The number of hydrogen-bond acceptors (Lipinski definition) is 5. The molecule has 178 valence electrons. The van der Waals surface area contributed by atoms with Crippen LogP contribution in [0.15, 0.2) is 83.8 Å². The number of nitrogens with one attached hydrogen (secondary N) is 2. The molecule has 7 nitrogen and oxygen atoms in total. The maximum atomic E-state index is 13.6. The summed E-state index contributed by atoms with van der Waals surface area (Å²) in [4.78, 5) is 12.2. The first-order chi connectivity index (χ1) is 16.3. The number of hydrogen-bond donors (Lipinski definition) is 2. The Hall–Kier alpha value is -3.36. The molecule has 0 aromatic heterocycles. The lowest BCUT2D eigenvalue weighted by atomic mass is 10.1. The zero-order chi connectivity index (χ0) is 24.1. The van der Waals surface area contributed by atoms with E-state index in [-0.39, 0.29) is 24.0 Å². The molecular weight excluding hydrogens is 450 g/mol. The second kappa shape index (κ2) is 10.3. The number of anilines is 1. The van der Waals surface area contributed by atoms with E-state index in [0.29, 0.717) is 23.9 Å². The molecule has 0 saturated carbocycles. The molecule has 1 aliphatic heterocycles. The third-order valence-electron chi connectivity index (χ3n) is 5.51. The Kier molecular flexibility index (Phi) is 7.19. The van der Waals surface area contributed by atoms with E-state index in [1.54, 1.807) is 30.3 Å². The number of carbonyl (C=O) groups excluding carboxylic acids is 1. The highest BCUT2D eigenvalue weighted by Gasteiger charge is 2.38. The smallest absolute Gasteiger partial charge is 0.257 e. The van der Waals surface area contributed by atoms with Gasteiger partial charge in [-0.05, 0) is 41.3 Å². The van der Waals surface area contributed by atoms with Crippen LogP contribution in [0.4, 0.5) is 5.69 Å². The van der Waals surface area contributed by atoms with E-state index in [2.05, 4.69) is 10.6 Å². The molecule has 1 amide bonds. The molecule has 34 heavy (non-hydrogen) atoms. The second-order valence-corrected chi connectivity index (χ2v) is 10.5. The van der Waals surface area contributed by atoms with Gasteiger partial charge >= 0.3 is 0 Å². The Labute approximate surface area is 200 Å². The lowest BCUT2D eigenvalue weighted by Gasteiger charge is -2.37. The highest BCUT2D eigenvalue weighted by Crippen LogP contribution is 2.39. The average molecular weight is 480 g/mol. The Morgan fingerprint density at radius 1 is 1.00 bits per heavy atom. The van der Waals surface area contributed by atoms with Gasteiger partial charge in [0.1, 0.15) is 16.8 Å². The number of benzene rings is 3. The van der Waals surface area contributed by atoms with Gasteiger partial charge in [0.05, 0.1) is 5.69 Å². The van der Waals surface area contributed by atoms with Crippen LogP contribution >= 0.6 is 0 Å². The Bertz CT molecular complexity index is 1230. The molecule has 8 heteroatoms. The van der Waals surface area contributed by atoms with Crippen LogP contribution < -0.4 is 15.4 Å². The van der Waals surface area contributed by atoms with Crippen molar-refractivity contribution in [3.8, 4) is 5.75 Å². The van der Waals surface area contributed by atoms with Crippen LogP contribution in [-0.4, -0.2) is 31.8 Å². The molecular formula is C26H29N3O4S. The number of amides is 1. The summed E-state index contributed by atoms with van der Waals surface area (Å²) in [5, 5.41) is 6.19. The molecule has 3 aromatic rings. The van der Waals surface area contributed by atoms with Gasteiger partial charge in [-0.3, -0.25) is 4.79 Å². The van der Waals surface area contributed by atoms with Crippen LogP contribution in [0.5, 0.6) is 5.75 Å². The summed E-state index contributed by atoms with van der Waals surface area (Å²) in [5.74, 6) is 0.729. The summed E-state index contributed by atoms with van der Waals surface area (Å²) in [6.07, 6.45) is -0.594. The summed E-state index contributed by atoms with van der Waals surface area (Å²) < 4.78 is 34.2. The van der Waals surface area contributed by atoms with Gasteiger partial charge in [-0.25, -0.2) is 8.42 Å². The van der Waals surface area contributed by atoms with E-state index >= 15 is 0 Å². The first-order valence-electron chi connectivity index (χ1n) is 11.3. The minimum absolute atomic E-state index is 0.0738. The molecule has 1 aliphatic rings. The van der Waals surface area contributed by atoms with Gasteiger partial charge < -0.3 is 15.4 Å². The van der Waals surface area contributed by atoms with Gasteiger partial charge in [-0.1, -0.05) is 68.4 Å². The number of nitrogens with zero attached hydrogens (tertiary/aromatic N) is 1. The number of ether oxygens (including phenoxy) is 1. The average Bonchev–Trinajstić information content (AvgIpc) is 2.84. The maximum Gasteiger partial charge on any atom is 0.257 e. The van der Waals surface area contributed by atoms with Gasteiger partial charge in [0.15, 0.2) is 6.61 Å². The summed E-state index contributed by atoms with van der Waals surface area (Å²) in [5.41, 5.74) is 2.23. The first-order valence-corrected chi connectivity index (χ1v) is 12.7. The normalized spacial score (nSPS) is 17.0. The third kappa shape index (κ3) is 5.40. The zero-order valence-electron chi connectivity index (χ0n) is 19.3. The van der Waals surface area contributed by atoms with Crippen LogP contribution in [-0.2, 0) is 21.4 Å². The summed E-state index contributed by atoms with van der Waals surface area (Å²) in [6.45, 7) is 4.80. The molecule has 4 rings (SSSR count). The quantitative estimate of drug-likeness (QED) is 0.507. The van der Waals surface area contributed by atoms with E-state index in [9.17, 15) is 13.2 Å². The SMILES string of the molecule is CC(C)CNC(=O)COc1ccc(C2Nc3ccccc3S(=O)(=O)N2Cc2ccccc2)cc1. The molecule has 3 aromatic carbocycles. The highest BCUT2D eigenvalue weighted by molar-refractivity contribution is 7.89. The molecule has 0 saturated heterocycles. The standard InChI is InChI=1S/C26H29N3O4S/c1-19(2)16-27-25(30)18-33-22-14-12-21(13-15-22)26-28-23-10-6-7-11-24(23)34(31,32)29(26)17-20-8-4-3-5-9-20/h3-15,19,26,28H,16-18H2,1-2H3,(H,27,30). The lowest BCUT2D eigenvalue weighted by molar-refractivity contribution is -0.123. The van der Waals surface area contributed by atoms with Gasteiger partial charge in [0.2, 0.25) is 10.0 Å². The van der Waals surface area contributed by atoms with Gasteiger partial charge in [0, 0.05) is 13.1 Å². The largest absolute Gasteiger partial charge is 0.484 e. The van der Waals surface area contributed by atoms with Crippen molar-refractivity contribution >= 4 is 21.6 Å². The number of para-hydroxylation sites is 1. The van der Waals surface area contributed by atoms with E-state index in [0.717, 1.165) is 11.1 Å². The lowest BCUT2D eigenvalue weighted by Crippen LogP contribution is -2.42. The predicted octanol–water partition coefficient (Wildman–Crippen LogP) is 4.15. The molecule has 1 atom stereocenters. The third-order valence-corrected chi connectivity index (χ3v) is 7.38. The number of rotatable bonds is 8. The van der Waals surface area contributed by atoms with E-state index in [4.69, 9.17) is 4.74 Å². The fraction of sp³-hybridized carbons (Fsp3) is 0.269. The number of fused-ring (bicyclic) bond motifs is 1. The predicted molar refractivity (Wildman–Crippen MR) is 132 cm³/mol. The van der Waals surface area contributed by atoms with Crippen molar-refractivity contribution in [2.45, 2.75) is 31.5 Å². The van der Waals surface area contributed by atoms with E-state index in [1.807, 2.05) is 62.4 Å². The molecule has 1 unspecified atom stereocenters. The van der Waals surface area contributed by atoms with Crippen molar-refractivity contribution < 1.29 is 17.9 Å². The maximum absolute atomic E-state index is 13.6. The molecule has 0 spiro atoms. The van der Waals surface area contributed by atoms with Gasteiger partial charge in [0.25, 0.3) is 5.91 Å². The Morgan fingerprint density at radius 2 is 1.68 bits per heavy atom. The monoisotopic (exact) mass is 479 g/mol. The molecule has 0 radical (unpaired) electrons. The minimum atomic E-state index is -3.74. The Balaban J connectivity index is 1.56. The first kappa shape index (κ1) is 23.8. The fourth-order valence-corrected chi connectivity index (χ4v) is 5.43. The van der Waals surface area contributed by atoms with Crippen molar-refractivity contribution in [1.29, 1.82) is 0 Å². The minimum Gasteiger partial charge on any atom is -0.484 e. The van der Waals surface area contributed by atoms with Crippen LogP contribution in [0.3, 0.4) is 0 Å². The topological polar surface area (TPSA) is 87.7 Å². The van der Waals surface area contributed by atoms with Crippen molar-refractivity contribution in [3.63, 3.8) is 0 Å². The van der Waals surface area contributed by atoms with Crippen LogP contribution in [0.25, 0.3) is 0 Å². The van der Waals surface area contributed by atoms with Gasteiger partial charge in [-0.2, -0.15) is 4.31 Å². The van der Waals surface area contributed by atoms with Gasteiger partial charge in [-0.15, -0.1) is 0 Å². The van der Waals surface area contributed by atoms with Crippen LogP contribution in [0, 0.1) is 5.92 Å². The summed E-state index contributed by atoms with van der Waals surface area (Å²) >= 11 is 0. The molecule has 2 N–H and O–H groups in total.